The predicted octanol–water partition coefficient (Wildman–Crippen LogP) is 4.89. The van der Waals surface area contributed by atoms with Crippen molar-refractivity contribution in [2.75, 3.05) is 26.2 Å². The SMILES string of the molecule is CCONC(=O)N(Cc1ccsc1)C1CCN([C@H](C)CCNC(=O)c2c(C)cc(Cl)nc2Cl)CC1. The summed E-state index contributed by atoms with van der Waals surface area (Å²) >= 11 is 13.6. The zero-order valence-corrected chi connectivity index (χ0v) is 22.7. The summed E-state index contributed by atoms with van der Waals surface area (Å²) in [6.07, 6.45) is 2.56. The predicted molar refractivity (Wildman–Crippen MR) is 140 cm³/mol. The third-order valence-electron chi connectivity index (χ3n) is 6.28. The molecule has 1 aliphatic rings. The van der Waals surface area contributed by atoms with E-state index in [0.29, 0.717) is 36.9 Å². The Balaban J connectivity index is 1.49. The molecule has 0 bridgehead atoms. The number of nitrogens with zero attached hydrogens (tertiary/aromatic N) is 3. The molecule has 1 saturated heterocycles. The van der Waals surface area contributed by atoms with Gasteiger partial charge in [-0.2, -0.15) is 11.3 Å². The highest BCUT2D eigenvalue weighted by Crippen LogP contribution is 2.23. The number of aromatic nitrogens is 1. The van der Waals surface area contributed by atoms with E-state index in [9.17, 15) is 9.59 Å². The molecule has 192 valence electrons. The average molecular weight is 543 g/mol. The van der Waals surface area contributed by atoms with Crippen molar-refractivity contribution in [3.05, 3.63) is 49.9 Å². The molecular formula is C24H33Cl2N5O3S. The molecule has 1 atom stereocenters. The Morgan fingerprint density at radius 3 is 2.71 bits per heavy atom. The number of hydrogen-bond acceptors (Lipinski definition) is 6. The topological polar surface area (TPSA) is 86.8 Å². The highest BCUT2D eigenvalue weighted by atomic mass is 35.5. The van der Waals surface area contributed by atoms with E-state index in [4.69, 9.17) is 28.0 Å². The smallest absolute Gasteiger partial charge is 0.341 e. The van der Waals surface area contributed by atoms with Gasteiger partial charge in [0.1, 0.15) is 10.3 Å². The first kappa shape index (κ1) is 27.7. The number of urea groups is 1. The fourth-order valence-corrected chi connectivity index (χ4v) is 5.59. The van der Waals surface area contributed by atoms with Crippen molar-refractivity contribution in [2.45, 2.75) is 58.7 Å². The van der Waals surface area contributed by atoms with Crippen LogP contribution in [0.2, 0.25) is 10.3 Å². The molecule has 1 fully saturated rings. The van der Waals surface area contributed by atoms with Crippen molar-refractivity contribution < 1.29 is 14.4 Å². The first-order chi connectivity index (χ1) is 16.8. The Bertz CT molecular complexity index is 961. The minimum atomic E-state index is -0.244. The van der Waals surface area contributed by atoms with Gasteiger partial charge in [0.05, 0.1) is 12.2 Å². The number of hydrogen-bond donors (Lipinski definition) is 2. The summed E-state index contributed by atoms with van der Waals surface area (Å²) in [5, 5.41) is 7.43. The number of aryl methyl sites for hydroxylation is 1. The number of rotatable bonds is 10. The van der Waals surface area contributed by atoms with E-state index in [-0.39, 0.29) is 28.3 Å². The highest BCUT2D eigenvalue weighted by molar-refractivity contribution is 7.07. The van der Waals surface area contributed by atoms with E-state index in [2.05, 4.69) is 33.0 Å². The van der Waals surface area contributed by atoms with Gasteiger partial charge in [0.15, 0.2) is 0 Å². The van der Waals surface area contributed by atoms with E-state index in [0.717, 1.165) is 37.9 Å². The molecule has 0 aliphatic carbocycles. The first-order valence-corrected chi connectivity index (χ1v) is 13.5. The Hall–Kier alpha value is -1.91. The van der Waals surface area contributed by atoms with Crippen molar-refractivity contribution in [2.24, 2.45) is 0 Å². The van der Waals surface area contributed by atoms with Crippen LogP contribution in [0.4, 0.5) is 4.79 Å². The molecule has 0 spiro atoms. The van der Waals surface area contributed by atoms with Crippen molar-refractivity contribution in [1.29, 1.82) is 0 Å². The lowest BCUT2D eigenvalue weighted by Gasteiger charge is -2.40. The summed E-state index contributed by atoms with van der Waals surface area (Å²) in [7, 11) is 0. The second-order valence-corrected chi connectivity index (χ2v) is 10.2. The van der Waals surface area contributed by atoms with Gasteiger partial charge in [-0.25, -0.2) is 15.3 Å². The third-order valence-corrected chi connectivity index (χ3v) is 7.48. The Labute approximate surface area is 220 Å². The van der Waals surface area contributed by atoms with Gasteiger partial charge >= 0.3 is 6.03 Å². The maximum atomic E-state index is 12.7. The van der Waals surface area contributed by atoms with Crippen LogP contribution in [-0.2, 0) is 11.4 Å². The molecule has 0 saturated carbocycles. The number of halogens is 2. The van der Waals surface area contributed by atoms with Crippen molar-refractivity contribution in [3.8, 4) is 0 Å². The summed E-state index contributed by atoms with van der Waals surface area (Å²) in [4.78, 5) is 38.8. The molecule has 0 radical (unpaired) electrons. The van der Waals surface area contributed by atoms with Gasteiger partial charge in [-0.15, -0.1) is 0 Å². The summed E-state index contributed by atoms with van der Waals surface area (Å²) < 4.78 is 0. The molecule has 0 unspecified atom stereocenters. The lowest BCUT2D eigenvalue weighted by Crippen LogP contribution is -2.51. The van der Waals surface area contributed by atoms with Gasteiger partial charge in [0.25, 0.3) is 5.91 Å². The minimum absolute atomic E-state index is 0.114. The number of carbonyl (C=O) groups is 2. The average Bonchev–Trinajstić information content (AvgIpc) is 3.34. The first-order valence-electron chi connectivity index (χ1n) is 11.8. The molecule has 0 aromatic carbocycles. The number of carbonyl (C=O) groups excluding carboxylic acids is 2. The summed E-state index contributed by atoms with van der Waals surface area (Å²) in [5.41, 5.74) is 4.74. The maximum Gasteiger partial charge on any atom is 0.341 e. The van der Waals surface area contributed by atoms with Crippen LogP contribution in [-0.4, -0.2) is 65.0 Å². The van der Waals surface area contributed by atoms with E-state index in [1.165, 1.54) is 0 Å². The normalized spacial score (nSPS) is 15.6. The molecule has 11 heteroatoms. The van der Waals surface area contributed by atoms with Gasteiger partial charge in [-0.3, -0.25) is 9.63 Å². The highest BCUT2D eigenvalue weighted by Gasteiger charge is 2.30. The van der Waals surface area contributed by atoms with Crippen LogP contribution in [0.25, 0.3) is 0 Å². The molecule has 8 nitrogen and oxygen atoms in total. The second kappa shape index (κ2) is 13.4. The van der Waals surface area contributed by atoms with Crippen LogP contribution in [0.3, 0.4) is 0 Å². The van der Waals surface area contributed by atoms with Crippen LogP contribution in [0.15, 0.2) is 22.9 Å². The zero-order chi connectivity index (χ0) is 25.4. The third kappa shape index (κ3) is 7.79. The molecule has 3 rings (SSSR count). The van der Waals surface area contributed by atoms with Crippen LogP contribution in [0, 0.1) is 6.92 Å². The largest absolute Gasteiger partial charge is 0.352 e. The van der Waals surface area contributed by atoms with Gasteiger partial charge in [-0.1, -0.05) is 23.2 Å². The zero-order valence-electron chi connectivity index (χ0n) is 20.4. The standard InChI is InChI=1S/C24H33Cl2N5O3S/c1-4-34-29-24(33)31(14-18-8-12-35-15-18)19-6-10-30(11-7-19)17(3)5-9-27-23(32)21-16(2)13-20(25)28-22(21)26/h8,12-13,15,17,19H,4-7,9-11,14H2,1-3H3,(H,27,32)(H,29,33)/t17-/m1/s1. The summed E-state index contributed by atoms with van der Waals surface area (Å²) in [6.45, 7) is 9.08. The minimum Gasteiger partial charge on any atom is -0.352 e. The van der Waals surface area contributed by atoms with Crippen molar-refractivity contribution in [1.82, 2.24) is 25.6 Å². The van der Waals surface area contributed by atoms with Crippen molar-refractivity contribution >= 4 is 46.5 Å². The Morgan fingerprint density at radius 2 is 2.09 bits per heavy atom. The number of piperidine rings is 1. The van der Waals surface area contributed by atoms with Crippen LogP contribution in [0.1, 0.15) is 54.6 Å². The maximum absolute atomic E-state index is 12.7. The lowest BCUT2D eigenvalue weighted by molar-refractivity contribution is 0.0374. The molecule has 2 N–H and O–H groups in total. The summed E-state index contributed by atoms with van der Waals surface area (Å²) in [6, 6.07) is 3.91. The Kier molecular flexibility index (Phi) is 10.6. The van der Waals surface area contributed by atoms with E-state index >= 15 is 0 Å². The molecule has 2 aromatic heterocycles. The van der Waals surface area contributed by atoms with Gasteiger partial charge < -0.3 is 15.1 Å². The molecule has 35 heavy (non-hydrogen) atoms. The fourth-order valence-electron chi connectivity index (χ4n) is 4.31. The van der Waals surface area contributed by atoms with E-state index in [1.807, 2.05) is 23.3 Å². The number of amides is 3. The van der Waals surface area contributed by atoms with Crippen LogP contribution in [0.5, 0.6) is 0 Å². The molecule has 1 aliphatic heterocycles. The van der Waals surface area contributed by atoms with Gasteiger partial charge in [0, 0.05) is 38.3 Å². The molecule has 2 aromatic rings. The second-order valence-electron chi connectivity index (χ2n) is 8.69. The Morgan fingerprint density at radius 1 is 1.34 bits per heavy atom. The fraction of sp³-hybridized carbons (Fsp3) is 0.542. The monoisotopic (exact) mass is 541 g/mol. The molecule has 3 heterocycles. The van der Waals surface area contributed by atoms with E-state index in [1.54, 1.807) is 24.3 Å². The van der Waals surface area contributed by atoms with Crippen LogP contribution < -0.4 is 10.8 Å². The lowest BCUT2D eigenvalue weighted by atomic mass is 10.0. The number of likely N-dealkylation sites (tertiary alicyclic amines) is 1. The van der Waals surface area contributed by atoms with Crippen LogP contribution >= 0.6 is 34.5 Å². The number of thiophene rings is 1. The van der Waals surface area contributed by atoms with E-state index < -0.39 is 0 Å². The summed E-state index contributed by atoms with van der Waals surface area (Å²) in [5.74, 6) is -0.244. The number of hydroxylamine groups is 1. The van der Waals surface area contributed by atoms with Gasteiger partial charge in [0.2, 0.25) is 0 Å². The number of pyridine rings is 1. The number of nitrogens with one attached hydrogen (secondary N) is 2. The van der Waals surface area contributed by atoms with Crippen molar-refractivity contribution in [3.63, 3.8) is 0 Å². The molecule has 3 amide bonds. The quantitative estimate of drug-likeness (QED) is 0.330. The van der Waals surface area contributed by atoms with Gasteiger partial charge in [-0.05, 0) is 74.1 Å². The molecular weight excluding hydrogens is 509 g/mol.